The molecular formula is C27H31F2N7O4. The minimum atomic E-state index is -2.78. The molecular weight excluding hydrogens is 524 g/mol. The molecule has 6 N–H and O–H groups in total. The molecule has 11 nitrogen and oxygen atoms in total. The van der Waals surface area contributed by atoms with Crippen LogP contribution in [0.15, 0.2) is 58.4 Å². The predicted molar refractivity (Wildman–Crippen MR) is 148 cm³/mol. The number of nitrogens with one attached hydrogen (secondary N) is 2. The number of nitrogens with two attached hydrogens (primary N) is 2. The number of aliphatic imine (C=N–C) groups is 1. The summed E-state index contributed by atoms with van der Waals surface area (Å²) in [5.41, 5.74) is 12.4. The fourth-order valence-corrected chi connectivity index (χ4v) is 3.71. The number of hydrogen-bond acceptors (Lipinski definition) is 7. The Morgan fingerprint density at radius 3 is 2.48 bits per heavy atom. The first-order chi connectivity index (χ1) is 19.0. The molecule has 0 saturated carbocycles. The van der Waals surface area contributed by atoms with E-state index in [9.17, 15) is 23.2 Å². The molecule has 0 aliphatic carbocycles. The summed E-state index contributed by atoms with van der Waals surface area (Å²) in [6.45, 7) is 5.18. The Morgan fingerprint density at radius 2 is 1.85 bits per heavy atom. The molecule has 1 heterocycles. The molecule has 40 heavy (non-hydrogen) atoms. The van der Waals surface area contributed by atoms with Crippen LogP contribution in [0.4, 0.5) is 25.1 Å². The van der Waals surface area contributed by atoms with Gasteiger partial charge in [-0.25, -0.2) is 18.6 Å². The highest BCUT2D eigenvalue weighted by Crippen LogP contribution is 2.28. The lowest BCUT2D eigenvalue weighted by Gasteiger charge is -2.17. The summed E-state index contributed by atoms with van der Waals surface area (Å²) in [5.74, 6) is -0.501. The molecule has 0 saturated heterocycles. The van der Waals surface area contributed by atoms with Crippen molar-refractivity contribution in [1.29, 1.82) is 0 Å². The van der Waals surface area contributed by atoms with E-state index in [-0.39, 0.29) is 53.4 Å². The van der Waals surface area contributed by atoms with E-state index in [4.69, 9.17) is 16.2 Å². The van der Waals surface area contributed by atoms with Gasteiger partial charge in [0.1, 0.15) is 12.4 Å². The molecule has 2 amide bonds. The number of halogens is 2. The maximum absolute atomic E-state index is 13.4. The van der Waals surface area contributed by atoms with Gasteiger partial charge in [0, 0.05) is 35.0 Å². The molecule has 0 aliphatic rings. The number of hydrogen-bond donors (Lipinski definition) is 4. The molecule has 3 rings (SSSR count). The molecule has 0 unspecified atom stereocenters. The number of carbonyl (C=O) groups is 2. The second-order valence-electron chi connectivity index (χ2n) is 9.04. The van der Waals surface area contributed by atoms with E-state index in [0.717, 1.165) is 10.6 Å². The number of alkyl halides is 2. The largest absolute Gasteiger partial charge is 0.448 e. The minimum absolute atomic E-state index is 0.0130. The third-order valence-electron chi connectivity index (χ3n) is 5.53. The van der Waals surface area contributed by atoms with Crippen LogP contribution in [0.1, 0.15) is 43.9 Å². The number of aromatic nitrogens is 2. The molecule has 0 aliphatic heterocycles. The molecule has 212 valence electrons. The molecule has 1 aromatic heterocycles. The second-order valence-corrected chi connectivity index (χ2v) is 9.04. The molecule has 0 fully saturated rings. The van der Waals surface area contributed by atoms with Gasteiger partial charge >= 0.3 is 6.09 Å². The van der Waals surface area contributed by atoms with Crippen LogP contribution in [0.2, 0.25) is 0 Å². The van der Waals surface area contributed by atoms with Gasteiger partial charge in [-0.3, -0.25) is 14.2 Å². The lowest BCUT2D eigenvalue weighted by atomic mass is 10.1. The van der Waals surface area contributed by atoms with Gasteiger partial charge in [0.05, 0.1) is 18.5 Å². The highest BCUT2D eigenvalue weighted by Gasteiger charge is 2.18. The molecule has 0 atom stereocenters. The van der Waals surface area contributed by atoms with Crippen molar-refractivity contribution in [3.05, 3.63) is 75.7 Å². The van der Waals surface area contributed by atoms with Crippen LogP contribution in [-0.2, 0) is 22.6 Å². The Bertz CT molecular complexity index is 1450. The van der Waals surface area contributed by atoms with Crippen molar-refractivity contribution in [3.8, 4) is 11.3 Å². The first kappa shape index (κ1) is 29.7. The number of rotatable bonds is 10. The van der Waals surface area contributed by atoms with Crippen molar-refractivity contribution in [1.82, 2.24) is 14.9 Å². The number of nitrogen functional groups attached to an aromatic ring is 1. The summed E-state index contributed by atoms with van der Waals surface area (Å²) >= 11 is 0. The van der Waals surface area contributed by atoms with Crippen LogP contribution in [0.3, 0.4) is 0 Å². The highest BCUT2D eigenvalue weighted by atomic mass is 19.3. The Labute approximate surface area is 229 Å². The van der Waals surface area contributed by atoms with E-state index in [1.807, 2.05) is 13.8 Å². The van der Waals surface area contributed by atoms with E-state index in [1.54, 1.807) is 31.2 Å². The monoisotopic (exact) mass is 555 g/mol. The molecule has 3 aromatic rings. The molecule has 0 bridgehead atoms. The molecule has 0 radical (unpaired) electrons. The lowest BCUT2D eigenvalue weighted by Crippen LogP contribution is -2.35. The Morgan fingerprint density at radius 1 is 1.15 bits per heavy atom. The average molecular weight is 556 g/mol. The van der Waals surface area contributed by atoms with Gasteiger partial charge in [-0.15, -0.1) is 0 Å². The normalized spacial score (nSPS) is 11.5. The van der Waals surface area contributed by atoms with Gasteiger partial charge in [-0.1, -0.05) is 24.3 Å². The summed E-state index contributed by atoms with van der Waals surface area (Å²) in [5, 5.41) is 5.66. The van der Waals surface area contributed by atoms with Crippen LogP contribution >= 0.6 is 0 Å². The van der Waals surface area contributed by atoms with E-state index in [2.05, 4.69) is 20.6 Å². The summed E-state index contributed by atoms with van der Waals surface area (Å²) in [7, 11) is 0. The number of benzene rings is 2. The lowest BCUT2D eigenvalue weighted by molar-refractivity contribution is -0.121. The number of anilines is 2. The Hall–Kier alpha value is -4.81. The minimum Gasteiger partial charge on any atom is -0.448 e. The fourth-order valence-electron chi connectivity index (χ4n) is 3.71. The Balaban J connectivity index is 1.82. The van der Waals surface area contributed by atoms with Crippen molar-refractivity contribution in [2.24, 2.45) is 10.7 Å². The van der Waals surface area contributed by atoms with Crippen molar-refractivity contribution in [3.63, 3.8) is 0 Å². The van der Waals surface area contributed by atoms with Gasteiger partial charge in [0.15, 0.2) is 5.82 Å². The van der Waals surface area contributed by atoms with Gasteiger partial charge in [-0.05, 0) is 44.5 Å². The average Bonchev–Trinajstić information content (AvgIpc) is 2.89. The van der Waals surface area contributed by atoms with Gasteiger partial charge in [0.2, 0.25) is 5.91 Å². The molecule has 0 spiro atoms. The first-order valence-electron chi connectivity index (χ1n) is 12.4. The standard InChI is InChI=1S/C27H31F2N7O4/c1-4-40-27(39)35-24(31)17-7-5-16(6-8-17)12-32-22(37)14-36-21(13-33-25(26(36)38)34-15(2)3)18-9-19(23(28)29)11-20(30)10-18/h5-11,13,15,23H,4,12,14,30H2,1-3H3,(H,32,37)(H,33,34)(H2,31,35,39). The summed E-state index contributed by atoms with van der Waals surface area (Å²) in [4.78, 5) is 45.5. The fraction of sp³-hybridized carbons (Fsp3) is 0.296. The highest BCUT2D eigenvalue weighted by molar-refractivity contribution is 6.02. The maximum atomic E-state index is 13.4. The third-order valence-corrected chi connectivity index (χ3v) is 5.53. The van der Waals surface area contributed by atoms with Crippen LogP contribution in [0.25, 0.3) is 11.3 Å². The van der Waals surface area contributed by atoms with Crippen molar-refractivity contribution >= 4 is 29.3 Å². The van der Waals surface area contributed by atoms with E-state index < -0.39 is 30.5 Å². The topological polar surface area (TPSA) is 167 Å². The zero-order chi connectivity index (χ0) is 29.4. The number of carbonyl (C=O) groups excluding carboxylic acids is 2. The zero-order valence-electron chi connectivity index (χ0n) is 22.3. The zero-order valence-corrected chi connectivity index (χ0v) is 22.3. The number of nitrogens with zero attached hydrogens (tertiary/aromatic N) is 3. The SMILES string of the molecule is CCOC(=O)/N=C(\N)c1ccc(CNC(=O)Cn2c(-c3cc(N)cc(C(F)F)c3)cnc(NC(C)C)c2=O)cc1. The summed E-state index contributed by atoms with van der Waals surface area (Å²) in [6.07, 6.45) is -2.24. The van der Waals surface area contributed by atoms with Crippen LogP contribution in [0.5, 0.6) is 0 Å². The smallest absolute Gasteiger partial charge is 0.435 e. The summed E-state index contributed by atoms with van der Waals surface area (Å²) < 4.78 is 32.7. The van der Waals surface area contributed by atoms with Gasteiger partial charge in [-0.2, -0.15) is 4.99 Å². The van der Waals surface area contributed by atoms with E-state index in [0.29, 0.717) is 11.1 Å². The van der Waals surface area contributed by atoms with E-state index >= 15 is 0 Å². The number of amidine groups is 1. The summed E-state index contributed by atoms with van der Waals surface area (Å²) in [6, 6.07) is 10.3. The molecule has 2 aromatic carbocycles. The second kappa shape index (κ2) is 13.3. The van der Waals surface area contributed by atoms with Crippen LogP contribution < -0.4 is 27.7 Å². The Kier molecular flexibility index (Phi) is 9.90. The van der Waals surface area contributed by atoms with Gasteiger partial charge < -0.3 is 26.8 Å². The van der Waals surface area contributed by atoms with Crippen molar-refractivity contribution in [2.75, 3.05) is 17.7 Å². The van der Waals surface area contributed by atoms with Crippen LogP contribution in [0, 0.1) is 0 Å². The van der Waals surface area contributed by atoms with Crippen molar-refractivity contribution in [2.45, 2.75) is 46.3 Å². The quantitative estimate of drug-likeness (QED) is 0.168. The molecule has 13 heteroatoms. The van der Waals surface area contributed by atoms with Crippen LogP contribution in [-0.4, -0.2) is 40.0 Å². The predicted octanol–water partition coefficient (Wildman–Crippen LogP) is 3.43. The first-order valence-corrected chi connectivity index (χ1v) is 12.4. The maximum Gasteiger partial charge on any atom is 0.435 e. The van der Waals surface area contributed by atoms with E-state index in [1.165, 1.54) is 18.3 Å². The number of amides is 2. The third kappa shape index (κ3) is 7.85. The van der Waals surface area contributed by atoms with Gasteiger partial charge in [0.25, 0.3) is 12.0 Å². The van der Waals surface area contributed by atoms with Crippen molar-refractivity contribution < 1.29 is 23.1 Å². The number of ether oxygens (including phenoxy) is 1.